The molecule has 0 saturated heterocycles. The van der Waals surface area contributed by atoms with Crippen LogP contribution in [0, 0.1) is 0 Å². The van der Waals surface area contributed by atoms with Gasteiger partial charge in [0.2, 0.25) is 0 Å². The minimum absolute atomic E-state index is 0.205. The zero-order valence-corrected chi connectivity index (χ0v) is 16.4. The number of carbonyl (C=O) groups excluding carboxylic acids is 1. The summed E-state index contributed by atoms with van der Waals surface area (Å²) in [6, 6.07) is 13.7. The highest BCUT2D eigenvalue weighted by Gasteiger charge is 2.13. The molecule has 6 N–H and O–H groups in total. The van der Waals surface area contributed by atoms with Crippen molar-refractivity contribution in [2.45, 2.75) is 13.8 Å². The summed E-state index contributed by atoms with van der Waals surface area (Å²) in [6.45, 7) is 4.01. The fourth-order valence-electron chi connectivity index (χ4n) is 2.18. The molecule has 0 radical (unpaired) electrons. The van der Waals surface area contributed by atoms with Crippen LogP contribution in [0.1, 0.15) is 13.8 Å². The fourth-order valence-corrected chi connectivity index (χ4v) is 2.44. The lowest BCUT2D eigenvalue weighted by Crippen LogP contribution is -2.27. The van der Waals surface area contributed by atoms with Gasteiger partial charge in [0.05, 0.1) is 5.69 Å². The monoisotopic (exact) mass is 398 g/mol. The summed E-state index contributed by atoms with van der Waals surface area (Å²) in [5.74, 6) is -0.857. The van der Waals surface area contributed by atoms with Crippen molar-refractivity contribution >= 4 is 46.0 Å². The second-order valence-corrected chi connectivity index (χ2v) is 6.16. The smallest absolute Gasteiger partial charge is 0.279 e. The topological polar surface area (TPSA) is 124 Å². The summed E-state index contributed by atoms with van der Waals surface area (Å²) in [5, 5.41) is 26.9. The Morgan fingerprint density at radius 2 is 1.82 bits per heavy atom. The average Bonchev–Trinajstić information content (AvgIpc) is 2.62. The Kier molecular flexibility index (Phi) is 7.46. The zero-order chi connectivity index (χ0) is 20.5. The predicted octanol–water partition coefficient (Wildman–Crippen LogP) is 4.09. The number of nitrogens with two attached hydrogens (primary N) is 1. The number of anilines is 3. The molecule has 0 aliphatic rings. The van der Waals surface area contributed by atoms with Crippen molar-refractivity contribution < 1.29 is 9.90 Å². The molecule has 0 aliphatic carbocycles. The van der Waals surface area contributed by atoms with Crippen molar-refractivity contribution in [3.63, 3.8) is 0 Å². The number of nitrogens with one attached hydrogen (secondary N) is 3. The molecule has 28 heavy (non-hydrogen) atoms. The van der Waals surface area contributed by atoms with E-state index in [1.165, 1.54) is 6.92 Å². The van der Waals surface area contributed by atoms with Gasteiger partial charge in [0.15, 0.2) is 10.8 Å². The zero-order valence-electron chi connectivity index (χ0n) is 15.6. The van der Waals surface area contributed by atoms with Crippen LogP contribution in [-0.4, -0.2) is 22.7 Å². The second-order valence-electron chi connectivity index (χ2n) is 5.75. The van der Waals surface area contributed by atoms with Crippen molar-refractivity contribution in [3.05, 3.63) is 60.0 Å². The van der Waals surface area contributed by atoms with Crippen molar-refractivity contribution in [1.29, 1.82) is 0 Å². The first-order valence-corrected chi connectivity index (χ1v) is 8.93. The van der Waals surface area contributed by atoms with E-state index in [0.717, 1.165) is 5.69 Å². The molecule has 2 rings (SSSR count). The maximum Gasteiger partial charge on any atom is 0.279 e. The van der Waals surface area contributed by atoms with Crippen LogP contribution in [0.15, 0.2) is 70.2 Å². The first-order chi connectivity index (χ1) is 13.4. The second kappa shape index (κ2) is 10.0. The molecule has 0 bridgehead atoms. The van der Waals surface area contributed by atoms with E-state index in [4.69, 9.17) is 18.0 Å². The summed E-state index contributed by atoms with van der Waals surface area (Å²) in [7, 11) is 0. The molecule has 8 nitrogen and oxygen atoms in total. The molecular weight excluding hydrogens is 376 g/mol. The van der Waals surface area contributed by atoms with Gasteiger partial charge in [0.1, 0.15) is 5.76 Å². The van der Waals surface area contributed by atoms with E-state index >= 15 is 0 Å². The summed E-state index contributed by atoms with van der Waals surface area (Å²) in [6.07, 6.45) is 0. The van der Waals surface area contributed by atoms with Gasteiger partial charge < -0.3 is 26.8 Å². The van der Waals surface area contributed by atoms with Crippen LogP contribution >= 0.6 is 12.2 Å². The van der Waals surface area contributed by atoms with Crippen molar-refractivity contribution in [2.24, 2.45) is 10.2 Å². The number of thiocarbonyl (C=S) groups is 1. The standard InChI is InChI=1S/C19H22N6O2S/c1-3-21-19(28)23-15-8-5-9-16(11-15)24-25-17(12(2)26)18(27)22-14-7-4-6-13(20)10-14/h4-11,26H,3,20H2,1-2H3,(H,22,27)(H2,21,23,28). The number of aliphatic hydroxyl groups excluding tert-OH is 1. The van der Waals surface area contributed by atoms with Gasteiger partial charge >= 0.3 is 0 Å². The Balaban J connectivity index is 2.14. The Morgan fingerprint density at radius 1 is 1.14 bits per heavy atom. The maximum atomic E-state index is 12.4. The number of hydrogen-bond acceptors (Lipinski definition) is 6. The van der Waals surface area contributed by atoms with E-state index in [2.05, 4.69) is 26.2 Å². The van der Waals surface area contributed by atoms with Gasteiger partial charge in [-0.3, -0.25) is 4.79 Å². The highest BCUT2D eigenvalue weighted by molar-refractivity contribution is 7.80. The fraction of sp³-hybridized carbons (Fsp3) is 0.158. The molecular formula is C19H22N6O2S. The van der Waals surface area contributed by atoms with Crippen LogP contribution in [0.3, 0.4) is 0 Å². The Morgan fingerprint density at radius 3 is 2.46 bits per heavy atom. The van der Waals surface area contributed by atoms with Crippen LogP contribution in [0.4, 0.5) is 22.7 Å². The number of azo groups is 1. The molecule has 0 aliphatic heterocycles. The molecule has 0 spiro atoms. The predicted molar refractivity (Wildman–Crippen MR) is 116 cm³/mol. The Hall–Kier alpha value is -3.46. The van der Waals surface area contributed by atoms with Gasteiger partial charge in [-0.25, -0.2) is 0 Å². The number of carbonyl (C=O) groups is 1. The number of benzene rings is 2. The molecule has 1 amide bonds. The number of allylic oxidation sites excluding steroid dienone is 1. The van der Waals surface area contributed by atoms with Crippen LogP contribution in [0.25, 0.3) is 0 Å². The molecule has 0 unspecified atom stereocenters. The number of hydrogen-bond donors (Lipinski definition) is 5. The largest absolute Gasteiger partial charge is 0.510 e. The molecule has 0 heterocycles. The molecule has 9 heteroatoms. The summed E-state index contributed by atoms with van der Waals surface area (Å²) >= 11 is 5.15. The number of nitrogens with zero attached hydrogens (tertiary/aromatic N) is 2. The summed E-state index contributed by atoms with van der Waals surface area (Å²) in [4.78, 5) is 12.4. The maximum absolute atomic E-state index is 12.4. The van der Waals surface area contributed by atoms with Crippen molar-refractivity contribution in [2.75, 3.05) is 22.9 Å². The third-order valence-electron chi connectivity index (χ3n) is 3.41. The highest BCUT2D eigenvalue weighted by atomic mass is 32.1. The Bertz CT molecular complexity index is 922. The number of amides is 1. The van der Waals surface area contributed by atoms with E-state index in [-0.39, 0.29) is 11.5 Å². The lowest BCUT2D eigenvalue weighted by atomic mass is 10.2. The van der Waals surface area contributed by atoms with Crippen LogP contribution < -0.4 is 21.7 Å². The number of rotatable bonds is 6. The highest BCUT2D eigenvalue weighted by Crippen LogP contribution is 2.20. The number of nitrogen functional groups attached to an aromatic ring is 1. The SMILES string of the molecule is CCNC(=S)Nc1cccc(N=NC(C(=O)Nc2cccc(N)c2)=C(C)O)c1. The molecule has 0 aromatic heterocycles. The van der Waals surface area contributed by atoms with Gasteiger partial charge in [0.25, 0.3) is 5.91 Å². The minimum atomic E-state index is -0.600. The van der Waals surface area contributed by atoms with Crippen LogP contribution in [0.5, 0.6) is 0 Å². The molecule has 0 fully saturated rings. The average molecular weight is 398 g/mol. The van der Waals surface area contributed by atoms with E-state index in [0.29, 0.717) is 28.7 Å². The molecule has 146 valence electrons. The van der Waals surface area contributed by atoms with E-state index in [9.17, 15) is 9.90 Å². The van der Waals surface area contributed by atoms with Gasteiger partial charge in [-0.05, 0) is 62.5 Å². The van der Waals surface area contributed by atoms with Gasteiger partial charge in [0, 0.05) is 23.6 Å². The molecule has 0 saturated carbocycles. The third-order valence-corrected chi connectivity index (χ3v) is 3.66. The van der Waals surface area contributed by atoms with Gasteiger partial charge in [-0.1, -0.05) is 12.1 Å². The minimum Gasteiger partial charge on any atom is -0.510 e. The summed E-state index contributed by atoms with van der Waals surface area (Å²) in [5.41, 5.74) is 7.69. The Labute approximate surface area is 168 Å². The van der Waals surface area contributed by atoms with Gasteiger partial charge in [-0.15, -0.1) is 5.11 Å². The lowest BCUT2D eigenvalue weighted by Gasteiger charge is -2.09. The van der Waals surface area contributed by atoms with Crippen LogP contribution in [-0.2, 0) is 4.79 Å². The van der Waals surface area contributed by atoms with E-state index in [1.807, 2.05) is 13.0 Å². The quantitative estimate of drug-likeness (QED) is 0.164. The first-order valence-electron chi connectivity index (χ1n) is 8.52. The molecule has 2 aromatic rings. The molecule has 2 aromatic carbocycles. The lowest BCUT2D eigenvalue weighted by molar-refractivity contribution is -0.113. The normalized spacial score (nSPS) is 11.6. The van der Waals surface area contributed by atoms with Crippen molar-refractivity contribution in [1.82, 2.24) is 5.32 Å². The van der Waals surface area contributed by atoms with Gasteiger partial charge in [-0.2, -0.15) is 5.11 Å². The van der Waals surface area contributed by atoms with E-state index < -0.39 is 5.91 Å². The van der Waals surface area contributed by atoms with E-state index in [1.54, 1.807) is 42.5 Å². The summed E-state index contributed by atoms with van der Waals surface area (Å²) < 4.78 is 0. The first kappa shape index (κ1) is 20.8. The third kappa shape index (κ3) is 6.36. The van der Waals surface area contributed by atoms with Crippen LogP contribution in [0.2, 0.25) is 0 Å². The molecule has 0 atom stereocenters. The number of aliphatic hydroxyl groups is 1. The van der Waals surface area contributed by atoms with Crippen molar-refractivity contribution in [3.8, 4) is 0 Å².